The molecule has 2 heterocycles. The van der Waals surface area contributed by atoms with Gasteiger partial charge in [0.15, 0.2) is 11.7 Å². The van der Waals surface area contributed by atoms with Gasteiger partial charge in [0, 0.05) is 21.5 Å². The first-order valence-electron chi connectivity index (χ1n) is 10.2. The summed E-state index contributed by atoms with van der Waals surface area (Å²) in [5.41, 5.74) is 4.16. The van der Waals surface area contributed by atoms with Crippen molar-refractivity contribution in [1.29, 1.82) is 5.41 Å². The van der Waals surface area contributed by atoms with Gasteiger partial charge in [0.05, 0.1) is 11.1 Å². The van der Waals surface area contributed by atoms with Crippen molar-refractivity contribution in [2.45, 2.75) is 0 Å². The quantitative estimate of drug-likeness (QED) is 0.245. The van der Waals surface area contributed by atoms with Crippen LogP contribution >= 0.6 is 0 Å². The summed E-state index contributed by atoms with van der Waals surface area (Å²) in [4.78, 5) is 8.66. The van der Waals surface area contributed by atoms with Gasteiger partial charge in [0.1, 0.15) is 22.3 Å². The fourth-order valence-corrected chi connectivity index (χ4v) is 4.20. The normalized spacial score (nSPS) is 12.2. The molecule has 0 aliphatic heterocycles. The highest BCUT2D eigenvalue weighted by Gasteiger charge is 2.17. The SMILES string of the molecule is C=NC(=NC(=N)c1cccc2c1oc1ccccc12)c1cccc2c1oc1ccccc12. The molecular formula is C27H17N3O2. The number of nitrogens with one attached hydrogen (secondary N) is 1. The van der Waals surface area contributed by atoms with Gasteiger partial charge in [-0.3, -0.25) is 5.41 Å². The zero-order valence-corrected chi connectivity index (χ0v) is 17.0. The summed E-state index contributed by atoms with van der Waals surface area (Å²) in [7, 11) is 0. The Kier molecular flexibility index (Phi) is 4.01. The maximum Gasteiger partial charge on any atom is 0.164 e. The molecule has 0 fully saturated rings. The average Bonchev–Trinajstić information content (AvgIpc) is 3.41. The number of amidine groups is 2. The highest BCUT2D eigenvalue weighted by molar-refractivity contribution is 6.21. The van der Waals surface area contributed by atoms with E-state index in [9.17, 15) is 0 Å². The van der Waals surface area contributed by atoms with Gasteiger partial charge in [-0.05, 0) is 31.0 Å². The molecule has 4 aromatic carbocycles. The fraction of sp³-hybridized carbons (Fsp3) is 0. The van der Waals surface area contributed by atoms with Crippen molar-refractivity contribution in [2.24, 2.45) is 9.98 Å². The molecule has 6 rings (SSSR count). The van der Waals surface area contributed by atoms with Crippen LogP contribution in [0.25, 0.3) is 43.9 Å². The van der Waals surface area contributed by atoms with Crippen molar-refractivity contribution in [1.82, 2.24) is 0 Å². The van der Waals surface area contributed by atoms with Crippen LogP contribution in [0.4, 0.5) is 0 Å². The molecule has 1 N–H and O–H groups in total. The third kappa shape index (κ3) is 2.68. The Morgan fingerprint density at radius 2 is 1.12 bits per heavy atom. The lowest BCUT2D eigenvalue weighted by atomic mass is 10.1. The molecule has 32 heavy (non-hydrogen) atoms. The Labute approximate surface area is 182 Å². The average molecular weight is 415 g/mol. The van der Waals surface area contributed by atoms with Gasteiger partial charge in [-0.25, -0.2) is 9.98 Å². The van der Waals surface area contributed by atoms with E-state index in [1.54, 1.807) is 0 Å². The van der Waals surface area contributed by atoms with E-state index in [0.29, 0.717) is 28.1 Å². The summed E-state index contributed by atoms with van der Waals surface area (Å²) >= 11 is 0. The molecule has 0 amide bonds. The Bertz CT molecular complexity index is 1720. The van der Waals surface area contributed by atoms with Crippen molar-refractivity contribution >= 4 is 62.3 Å². The maximum absolute atomic E-state index is 8.72. The highest BCUT2D eigenvalue weighted by atomic mass is 16.3. The molecule has 0 unspecified atom stereocenters. The monoisotopic (exact) mass is 415 g/mol. The zero-order chi connectivity index (χ0) is 21.7. The third-order valence-electron chi connectivity index (χ3n) is 5.67. The summed E-state index contributed by atoms with van der Waals surface area (Å²) in [6, 6.07) is 27.3. The summed E-state index contributed by atoms with van der Waals surface area (Å²) in [6.07, 6.45) is 0. The lowest BCUT2D eigenvalue weighted by Crippen LogP contribution is -2.04. The molecule has 0 bridgehead atoms. The number of fused-ring (bicyclic) bond motifs is 6. The predicted octanol–water partition coefficient (Wildman–Crippen LogP) is 6.96. The number of furan rings is 2. The van der Waals surface area contributed by atoms with Crippen molar-refractivity contribution in [3.8, 4) is 0 Å². The number of nitrogens with zero attached hydrogens (tertiary/aromatic N) is 2. The molecule has 0 saturated heterocycles. The first-order chi connectivity index (χ1) is 15.7. The van der Waals surface area contributed by atoms with Crippen LogP contribution in [0.5, 0.6) is 0 Å². The Hall–Kier alpha value is -4.51. The molecule has 6 aromatic rings. The van der Waals surface area contributed by atoms with Crippen LogP contribution in [0.1, 0.15) is 11.1 Å². The molecule has 0 aliphatic rings. The van der Waals surface area contributed by atoms with Crippen molar-refractivity contribution in [2.75, 3.05) is 0 Å². The zero-order valence-electron chi connectivity index (χ0n) is 17.0. The highest BCUT2D eigenvalue weighted by Crippen LogP contribution is 2.33. The van der Waals surface area contributed by atoms with Crippen LogP contribution in [0, 0.1) is 5.41 Å². The van der Waals surface area contributed by atoms with Crippen LogP contribution in [0.2, 0.25) is 0 Å². The molecular weight excluding hydrogens is 398 g/mol. The van der Waals surface area contributed by atoms with E-state index in [-0.39, 0.29) is 5.84 Å². The third-order valence-corrected chi connectivity index (χ3v) is 5.67. The predicted molar refractivity (Wildman–Crippen MR) is 130 cm³/mol. The lowest BCUT2D eigenvalue weighted by molar-refractivity contribution is 0.668. The largest absolute Gasteiger partial charge is 0.455 e. The van der Waals surface area contributed by atoms with Crippen molar-refractivity contribution < 1.29 is 8.83 Å². The van der Waals surface area contributed by atoms with Crippen LogP contribution < -0.4 is 0 Å². The van der Waals surface area contributed by atoms with Gasteiger partial charge >= 0.3 is 0 Å². The maximum atomic E-state index is 8.72. The first kappa shape index (κ1) is 18.3. The molecule has 152 valence electrons. The number of hydrogen-bond donors (Lipinski definition) is 1. The second-order valence-electron chi connectivity index (χ2n) is 7.50. The van der Waals surface area contributed by atoms with Gasteiger partial charge < -0.3 is 8.83 Å². The van der Waals surface area contributed by atoms with Gasteiger partial charge in [0.25, 0.3) is 0 Å². The van der Waals surface area contributed by atoms with Gasteiger partial charge in [0.2, 0.25) is 0 Å². The Morgan fingerprint density at radius 1 is 0.625 bits per heavy atom. The summed E-state index contributed by atoms with van der Waals surface area (Å²) in [5.74, 6) is 0.373. The molecule has 0 spiro atoms. The number of para-hydroxylation sites is 4. The molecule has 2 aromatic heterocycles. The minimum Gasteiger partial charge on any atom is -0.455 e. The Balaban J connectivity index is 1.52. The van der Waals surface area contributed by atoms with Crippen LogP contribution in [-0.4, -0.2) is 18.4 Å². The van der Waals surface area contributed by atoms with Crippen LogP contribution in [-0.2, 0) is 0 Å². The van der Waals surface area contributed by atoms with Crippen LogP contribution in [0.15, 0.2) is 104 Å². The van der Waals surface area contributed by atoms with E-state index in [1.807, 2.05) is 84.9 Å². The topological polar surface area (TPSA) is 74.8 Å². The number of rotatable bonds is 2. The molecule has 0 radical (unpaired) electrons. The van der Waals surface area contributed by atoms with Crippen molar-refractivity contribution in [3.05, 3.63) is 96.1 Å². The fourth-order valence-electron chi connectivity index (χ4n) is 4.20. The first-order valence-corrected chi connectivity index (χ1v) is 10.2. The number of aliphatic imine (C=N–C) groups is 2. The second kappa shape index (κ2) is 7.03. The van der Waals surface area contributed by atoms with E-state index in [2.05, 4.69) is 16.7 Å². The molecule has 0 aliphatic carbocycles. The summed E-state index contributed by atoms with van der Waals surface area (Å²) in [5, 5.41) is 12.7. The minimum absolute atomic E-state index is 0.0465. The molecule has 5 nitrogen and oxygen atoms in total. The van der Waals surface area contributed by atoms with E-state index < -0.39 is 0 Å². The Morgan fingerprint density at radius 3 is 1.72 bits per heavy atom. The van der Waals surface area contributed by atoms with Gasteiger partial charge in [-0.1, -0.05) is 60.7 Å². The van der Waals surface area contributed by atoms with Crippen LogP contribution in [0.3, 0.4) is 0 Å². The molecule has 5 heteroatoms. The van der Waals surface area contributed by atoms with E-state index in [1.165, 1.54) is 0 Å². The van der Waals surface area contributed by atoms with E-state index in [4.69, 9.17) is 14.2 Å². The number of benzene rings is 4. The van der Waals surface area contributed by atoms with E-state index >= 15 is 0 Å². The molecule has 0 saturated carbocycles. The smallest absolute Gasteiger partial charge is 0.164 e. The summed E-state index contributed by atoms with van der Waals surface area (Å²) < 4.78 is 12.2. The second-order valence-corrected chi connectivity index (χ2v) is 7.50. The van der Waals surface area contributed by atoms with Crippen molar-refractivity contribution in [3.63, 3.8) is 0 Å². The molecule has 0 atom stereocenters. The standard InChI is InChI=1S/C27H17N3O2/c1-29-27(21-13-7-11-19-17-9-3-5-15-23(17)32-25(19)21)30-26(28)20-12-6-10-18-16-8-2-4-14-22(16)31-24(18)20/h2-15,28H,1H2. The lowest BCUT2D eigenvalue weighted by Gasteiger charge is -2.04. The number of hydrogen-bond acceptors (Lipinski definition) is 3. The summed E-state index contributed by atoms with van der Waals surface area (Å²) in [6.45, 7) is 3.70. The van der Waals surface area contributed by atoms with Gasteiger partial charge in [-0.15, -0.1) is 0 Å². The van der Waals surface area contributed by atoms with Gasteiger partial charge in [-0.2, -0.15) is 0 Å². The minimum atomic E-state index is 0.0465. The van der Waals surface area contributed by atoms with E-state index in [0.717, 1.165) is 32.7 Å².